The second-order valence-corrected chi connectivity index (χ2v) is 8.24. The molecule has 0 fully saturated rings. The van der Waals surface area contributed by atoms with Crippen LogP contribution in [0.15, 0.2) is 59.0 Å². The van der Waals surface area contributed by atoms with Crippen LogP contribution < -0.4 is 14.2 Å². The van der Waals surface area contributed by atoms with Gasteiger partial charge in [-0.05, 0) is 41.8 Å². The van der Waals surface area contributed by atoms with Gasteiger partial charge in [0.25, 0.3) is 0 Å². The first-order valence-electron chi connectivity index (χ1n) is 9.26. The highest BCUT2D eigenvalue weighted by atomic mass is 35.5. The Labute approximate surface area is 178 Å². The van der Waals surface area contributed by atoms with E-state index in [-0.39, 0.29) is 6.04 Å². The summed E-state index contributed by atoms with van der Waals surface area (Å²) >= 11 is 7.99. The number of hydrogen-bond acceptors (Lipinski definition) is 6. The number of benzene rings is 2. The predicted molar refractivity (Wildman–Crippen MR) is 114 cm³/mol. The van der Waals surface area contributed by atoms with Crippen molar-refractivity contribution in [2.45, 2.75) is 18.7 Å². The molecule has 29 heavy (non-hydrogen) atoms. The normalized spacial score (nSPS) is 19.8. The molecule has 3 aromatic rings. The van der Waals surface area contributed by atoms with Crippen molar-refractivity contribution in [2.24, 2.45) is 5.10 Å². The standard InChI is InChI=1S/C22H19ClN2O3S/c1-26-19-6-3-5-14(21(19)27-2)22-25-17(12-16(24-25)20-7-4-10-29-20)15-11-13(23)8-9-18(15)28-22/h3-11,17,22H,12H2,1-2H3/t17-,22-/m1/s1. The van der Waals surface area contributed by atoms with Gasteiger partial charge >= 0.3 is 0 Å². The maximum atomic E-state index is 6.42. The van der Waals surface area contributed by atoms with E-state index >= 15 is 0 Å². The van der Waals surface area contributed by atoms with Gasteiger partial charge in [-0.1, -0.05) is 23.7 Å². The molecule has 5 rings (SSSR count). The number of halogens is 1. The molecule has 2 aromatic carbocycles. The number of fused-ring (bicyclic) bond motifs is 3. The topological polar surface area (TPSA) is 43.3 Å². The third kappa shape index (κ3) is 3.03. The molecule has 3 heterocycles. The third-order valence-corrected chi connectivity index (χ3v) is 6.41. The number of hydrazone groups is 1. The molecule has 0 saturated carbocycles. The molecule has 5 nitrogen and oxygen atoms in total. The number of para-hydroxylation sites is 1. The highest BCUT2D eigenvalue weighted by Crippen LogP contribution is 2.50. The van der Waals surface area contributed by atoms with Crippen molar-refractivity contribution in [2.75, 3.05) is 14.2 Å². The van der Waals surface area contributed by atoms with Crippen LogP contribution in [0.2, 0.25) is 5.02 Å². The zero-order valence-electron chi connectivity index (χ0n) is 16.0. The minimum absolute atomic E-state index is 0.0375. The van der Waals surface area contributed by atoms with Gasteiger partial charge in [-0.3, -0.25) is 0 Å². The van der Waals surface area contributed by atoms with E-state index in [2.05, 4.69) is 11.4 Å². The van der Waals surface area contributed by atoms with Crippen molar-refractivity contribution in [3.8, 4) is 17.2 Å². The number of ether oxygens (including phenoxy) is 3. The predicted octanol–water partition coefficient (Wildman–Crippen LogP) is 5.66. The van der Waals surface area contributed by atoms with Gasteiger partial charge in [-0.25, -0.2) is 5.01 Å². The van der Waals surface area contributed by atoms with Crippen LogP contribution in [-0.4, -0.2) is 24.9 Å². The summed E-state index contributed by atoms with van der Waals surface area (Å²) in [4.78, 5) is 1.17. The smallest absolute Gasteiger partial charge is 0.217 e. The summed E-state index contributed by atoms with van der Waals surface area (Å²) in [5.74, 6) is 2.12. The first-order chi connectivity index (χ1) is 14.2. The maximum Gasteiger partial charge on any atom is 0.217 e. The first kappa shape index (κ1) is 18.3. The van der Waals surface area contributed by atoms with Gasteiger partial charge < -0.3 is 14.2 Å². The van der Waals surface area contributed by atoms with Gasteiger partial charge in [0, 0.05) is 17.0 Å². The fourth-order valence-corrected chi connectivity index (χ4v) is 4.86. The Morgan fingerprint density at radius 3 is 2.76 bits per heavy atom. The molecule has 2 aliphatic rings. The molecule has 0 amide bonds. The molecule has 2 aliphatic heterocycles. The summed E-state index contributed by atoms with van der Waals surface area (Å²) < 4.78 is 17.6. The number of nitrogens with zero attached hydrogens (tertiary/aromatic N) is 2. The minimum atomic E-state index is -0.434. The molecule has 0 radical (unpaired) electrons. The van der Waals surface area contributed by atoms with Gasteiger partial charge in [0.15, 0.2) is 11.5 Å². The second kappa shape index (κ2) is 7.28. The summed E-state index contributed by atoms with van der Waals surface area (Å²) in [5, 5.41) is 9.74. The van der Waals surface area contributed by atoms with Crippen molar-refractivity contribution < 1.29 is 14.2 Å². The third-order valence-electron chi connectivity index (χ3n) is 5.26. The lowest BCUT2D eigenvalue weighted by molar-refractivity contribution is -0.0205. The van der Waals surface area contributed by atoms with E-state index in [1.165, 1.54) is 4.88 Å². The van der Waals surface area contributed by atoms with Crippen molar-refractivity contribution in [3.63, 3.8) is 0 Å². The number of thiophene rings is 1. The highest BCUT2D eigenvalue weighted by Gasteiger charge is 2.42. The van der Waals surface area contributed by atoms with E-state index in [9.17, 15) is 0 Å². The summed E-state index contributed by atoms with van der Waals surface area (Å²) in [6.45, 7) is 0. The fourth-order valence-electron chi connectivity index (χ4n) is 3.96. The van der Waals surface area contributed by atoms with E-state index in [4.69, 9.17) is 30.9 Å². The Bertz CT molecular complexity index is 1080. The second-order valence-electron chi connectivity index (χ2n) is 6.86. The van der Waals surface area contributed by atoms with Crippen LogP contribution in [-0.2, 0) is 0 Å². The van der Waals surface area contributed by atoms with Gasteiger partial charge in [0.1, 0.15) is 5.75 Å². The Morgan fingerprint density at radius 1 is 1.10 bits per heavy atom. The molecule has 0 bridgehead atoms. The van der Waals surface area contributed by atoms with Crippen LogP contribution in [0.4, 0.5) is 0 Å². The highest BCUT2D eigenvalue weighted by molar-refractivity contribution is 7.12. The lowest BCUT2D eigenvalue weighted by Gasteiger charge is -2.38. The van der Waals surface area contributed by atoms with Crippen molar-refractivity contribution in [1.82, 2.24) is 5.01 Å². The lowest BCUT2D eigenvalue weighted by Crippen LogP contribution is -2.34. The van der Waals surface area contributed by atoms with Crippen LogP contribution in [0, 0.1) is 0 Å². The van der Waals surface area contributed by atoms with Crippen molar-refractivity contribution >= 4 is 28.6 Å². The van der Waals surface area contributed by atoms with Gasteiger partial charge in [-0.15, -0.1) is 11.3 Å². The Morgan fingerprint density at radius 2 is 2.00 bits per heavy atom. The number of hydrogen-bond donors (Lipinski definition) is 0. The molecular formula is C22H19ClN2O3S. The van der Waals surface area contributed by atoms with Crippen LogP contribution in [0.5, 0.6) is 17.2 Å². The lowest BCUT2D eigenvalue weighted by atomic mass is 9.97. The molecule has 1 aromatic heterocycles. The minimum Gasteiger partial charge on any atom is -0.493 e. The van der Waals surface area contributed by atoms with E-state index in [1.54, 1.807) is 25.6 Å². The SMILES string of the molecule is COc1cccc([C@H]2Oc3ccc(Cl)cc3[C@H]3CC(c4cccs4)=NN32)c1OC. The van der Waals surface area contributed by atoms with E-state index in [1.807, 2.05) is 47.5 Å². The summed E-state index contributed by atoms with van der Waals surface area (Å²) in [6.07, 6.45) is 0.358. The zero-order chi connectivity index (χ0) is 20.0. The first-order valence-corrected chi connectivity index (χ1v) is 10.5. The molecule has 0 unspecified atom stereocenters. The molecule has 2 atom stereocenters. The summed E-state index contributed by atoms with van der Waals surface area (Å²) in [6, 6.07) is 15.7. The number of methoxy groups -OCH3 is 2. The Kier molecular flexibility index (Phi) is 4.60. The van der Waals surface area contributed by atoms with Crippen LogP contribution in [0.1, 0.15) is 34.7 Å². The van der Waals surface area contributed by atoms with Crippen molar-refractivity contribution in [3.05, 3.63) is 74.9 Å². The number of rotatable bonds is 4. The average molecular weight is 427 g/mol. The molecule has 148 valence electrons. The Hall–Kier alpha value is -2.70. The van der Waals surface area contributed by atoms with Crippen LogP contribution in [0.25, 0.3) is 0 Å². The summed E-state index contributed by atoms with van der Waals surface area (Å²) in [7, 11) is 3.27. The van der Waals surface area contributed by atoms with Crippen LogP contribution >= 0.6 is 22.9 Å². The largest absolute Gasteiger partial charge is 0.493 e. The van der Waals surface area contributed by atoms with E-state index in [0.29, 0.717) is 16.5 Å². The summed E-state index contributed by atoms with van der Waals surface area (Å²) in [5.41, 5.74) is 2.97. The molecular weight excluding hydrogens is 408 g/mol. The van der Waals surface area contributed by atoms with E-state index < -0.39 is 6.23 Å². The average Bonchev–Trinajstić information content (AvgIpc) is 3.42. The molecule has 0 saturated heterocycles. The molecule has 7 heteroatoms. The molecule has 0 spiro atoms. The van der Waals surface area contributed by atoms with E-state index in [0.717, 1.165) is 29.0 Å². The zero-order valence-corrected chi connectivity index (χ0v) is 17.5. The molecule has 0 aliphatic carbocycles. The van der Waals surface area contributed by atoms with Gasteiger partial charge in [0.2, 0.25) is 6.23 Å². The quantitative estimate of drug-likeness (QED) is 0.539. The Balaban J connectivity index is 1.65. The van der Waals surface area contributed by atoms with Crippen molar-refractivity contribution in [1.29, 1.82) is 0 Å². The monoisotopic (exact) mass is 426 g/mol. The maximum absolute atomic E-state index is 6.42. The molecule has 0 N–H and O–H groups in total. The van der Waals surface area contributed by atoms with Gasteiger partial charge in [0.05, 0.1) is 36.4 Å². The van der Waals surface area contributed by atoms with Gasteiger partial charge in [-0.2, -0.15) is 5.10 Å². The van der Waals surface area contributed by atoms with Crippen LogP contribution in [0.3, 0.4) is 0 Å². The fraction of sp³-hybridized carbons (Fsp3) is 0.227.